The Bertz CT molecular complexity index is 843. The summed E-state index contributed by atoms with van der Waals surface area (Å²) >= 11 is 0. The third kappa shape index (κ3) is 2.77. The lowest BCUT2D eigenvalue weighted by Crippen LogP contribution is -2.51. The minimum absolute atomic E-state index is 0.0107. The largest absolute Gasteiger partial charge is 0.486 e. The molecule has 0 bridgehead atoms. The second kappa shape index (κ2) is 6.83. The third-order valence-electron chi connectivity index (χ3n) is 6.62. The Kier molecular flexibility index (Phi) is 4.29. The molecule has 2 heterocycles. The number of benzene rings is 1. The number of likely N-dealkylation sites (tertiary alicyclic amines) is 1. The molecule has 1 saturated carbocycles. The van der Waals surface area contributed by atoms with Gasteiger partial charge in [-0.1, -0.05) is 18.9 Å². The van der Waals surface area contributed by atoms with Gasteiger partial charge in [0.05, 0.1) is 5.41 Å². The molecule has 2 aliphatic carbocycles. The summed E-state index contributed by atoms with van der Waals surface area (Å²) in [4.78, 5) is 28.2. The van der Waals surface area contributed by atoms with Crippen LogP contribution in [0.15, 0.2) is 30.0 Å². The quantitative estimate of drug-likeness (QED) is 0.867. The van der Waals surface area contributed by atoms with E-state index in [1.165, 1.54) is 0 Å². The van der Waals surface area contributed by atoms with E-state index in [4.69, 9.17) is 9.47 Å². The van der Waals surface area contributed by atoms with Crippen molar-refractivity contribution in [2.45, 2.75) is 57.4 Å². The predicted octanol–water partition coefficient (Wildman–Crippen LogP) is 3.63. The number of carbonyl (C=O) groups excluding carboxylic acids is 2. The van der Waals surface area contributed by atoms with E-state index in [-0.39, 0.29) is 17.9 Å². The Morgan fingerprint density at radius 3 is 2.71 bits per heavy atom. The van der Waals surface area contributed by atoms with Crippen molar-refractivity contribution in [2.75, 3.05) is 18.5 Å². The number of rotatable bonds is 3. The molecule has 148 valence electrons. The van der Waals surface area contributed by atoms with Crippen molar-refractivity contribution < 1.29 is 19.1 Å². The van der Waals surface area contributed by atoms with E-state index >= 15 is 0 Å². The number of hydrogen-bond donors (Lipinski definition) is 1. The number of piperidine rings is 1. The minimum Gasteiger partial charge on any atom is -0.486 e. The molecule has 2 fully saturated rings. The summed E-state index contributed by atoms with van der Waals surface area (Å²) in [5.74, 6) is 1.54. The number of amides is 2. The molecule has 6 heteroatoms. The summed E-state index contributed by atoms with van der Waals surface area (Å²) in [6.07, 6.45) is 9.20. The molecule has 1 unspecified atom stereocenters. The number of nitrogens with one attached hydrogen (secondary N) is 1. The van der Waals surface area contributed by atoms with E-state index in [1.807, 2.05) is 23.1 Å². The van der Waals surface area contributed by atoms with Crippen LogP contribution >= 0.6 is 0 Å². The molecule has 0 radical (unpaired) electrons. The first-order valence-corrected chi connectivity index (χ1v) is 10.4. The smallest absolute Gasteiger partial charge is 0.236 e. The van der Waals surface area contributed by atoms with E-state index in [1.54, 1.807) is 0 Å². The van der Waals surface area contributed by atoms with Crippen molar-refractivity contribution in [2.24, 2.45) is 5.41 Å². The number of ether oxygens (including phenoxy) is 2. The molecule has 0 aromatic heterocycles. The molecule has 1 aromatic carbocycles. The van der Waals surface area contributed by atoms with E-state index in [0.29, 0.717) is 43.2 Å². The first kappa shape index (κ1) is 17.6. The van der Waals surface area contributed by atoms with Crippen molar-refractivity contribution >= 4 is 17.5 Å². The Balaban J connectivity index is 1.40. The maximum atomic E-state index is 13.4. The normalized spacial score (nSPS) is 26.8. The van der Waals surface area contributed by atoms with Crippen molar-refractivity contribution in [3.8, 4) is 11.5 Å². The fourth-order valence-corrected chi connectivity index (χ4v) is 5.21. The minimum atomic E-state index is -0.593. The van der Waals surface area contributed by atoms with Crippen molar-refractivity contribution in [1.29, 1.82) is 0 Å². The van der Waals surface area contributed by atoms with Crippen LogP contribution in [0.4, 0.5) is 5.69 Å². The molecule has 2 amide bonds. The Labute approximate surface area is 164 Å². The maximum Gasteiger partial charge on any atom is 0.236 e. The van der Waals surface area contributed by atoms with Gasteiger partial charge in [-0.15, -0.1) is 0 Å². The molecule has 5 rings (SSSR count). The average molecular weight is 382 g/mol. The van der Waals surface area contributed by atoms with E-state index < -0.39 is 5.41 Å². The summed E-state index contributed by atoms with van der Waals surface area (Å²) in [6.45, 7) is 1.06. The van der Waals surface area contributed by atoms with Crippen molar-refractivity contribution in [3.63, 3.8) is 0 Å². The molecule has 1 atom stereocenters. The second-order valence-electron chi connectivity index (χ2n) is 8.22. The molecular formula is C22H26N2O4. The third-order valence-corrected chi connectivity index (χ3v) is 6.62. The van der Waals surface area contributed by atoms with Gasteiger partial charge in [0, 0.05) is 29.9 Å². The first-order chi connectivity index (χ1) is 13.7. The zero-order valence-electron chi connectivity index (χ0n) is 16.0. The Hall–Kier alpha value is -2.50. The van der Waals surface area contributed by atoms with Crippen LogP contribution in [0.5, 0.6) is 11.5 Å². The van der Waals surface area contributed by atoms with Gasteiger partial charge < -0.3 is 19.7 Å². The lowest BCUT2D eigenvalue weighted by atomic mass is 9.75. The van der Waals surface area contributed by atoms with Crippen molar-refractivity contribution in [1.82, 2.24) is 4.90 Å². The lowest BCUT2D eigenvalue weighted by molar-refractivity contribution is -0.139. The van der Waals surface area contributed by atoms with Gasteiger partial charge in [-0.25, -0.2) is 0 Å². The highest BCUT2D eigenvalue weighted by molar-refractivity contribution is 6.00. The molecule has 1 N–H and O–H groups in total. The van der Waals surface area contributed by atoms with Gasteiger partial charge in [-0.2, -0.15) is 0 Å². The lowest BCUT2D eigenvalue weighted by Gasteiger charge is -2.44. The SMILES string of the molecule is O=C1CCC2(C(=O)Nc3ccc4c(c3)OCCO4)CCC=C2N1C1CCCC1. The highest BCUT2D eigenvalue weighted by atomic mass is 16.6. The standard InChI is InChI=1S/C22H26N2O4/c25-20-9-11-22(10-3-6-19(22)24(20)16-4-1-2-5-16)21(26)23-15-7-8-17-18(14-15)28-13-12-27-17/h6-8,14,16H,1-5,9-13H2,(H,23,26). The van der Waals surface area contributed by atoms with Gasteiger partial charge in [0.2, 0.25) is 11.8 Å². The van der Waals surface area contributed by atoms with Crippen LogP contribution in [-0.2, 0) is 9.59 Å². The van der Waals surface area contributed by atoms with E-state index in [9.17, 15) is 9.59 Å². The second-order valence-corrected chi connectivity index (χ2v) is 8.22. The summed E-state index contributed by atoms with van der Waals surface area (Å²) in [5, 5.41) is 3.10. The Morgan fingerprint density at radius 2 is 1.89 bits per heavy atom. The van der Waals surface area contributed by atoms with Crippen LogP contribution in [0.25, 0.3) is 0 Å². The summed E-state index contributed by atoms with van der Waals surface area (Å²) in [6, 6.07) is 5.77. The van der Waals surface area contributed by atoms with Gasteiger partial charge in [0.1, 0.15) is 13.2 Å². The van der Waals surface area contributed by atoms with Gasteiger partial charge in [0.25, 0.3) is 0 Å². The van der Waals surface area contributed by atoms with Gasteiger partial charge >= 0.3 is 0 Å². The fraction of sp³-hybridized carbons (Fsp3) is 0.545. The van der Waals surface area contributed by atoms with Gasteiger partial charge in [-0.05, 0) is 44.2 Å². The van der Waals surface area contributed by atoms with Crippen LogP contribution in [0, 0.1) is 5.41 Å². The number of hydrogen-bond acceptors (Lipinski definition) is 4. The summed E-state index contributed by atoms with van der Waals surface area (Å²) in [5.41, 5.74) is 1.06. The number of anilines is 1. The maximum absolute atomic E-state index is 13.4. The Morgan fingerprint density at radius 1 is 1.11 bits per heavy atom. The zero-order chi connectivity index (χ0) is 19.1. The zero-order valence-corrected chi connectivity index (χ0v) is 16.0. The highest BCUT2D eigenvalue weighted by Gasteiger charge is 2.52. The van der Waals surface area contributed by atoms with Crippen LogP contribution in [0.1, 0.15) is 51.4 Å². The number of nitrogens with zero attached hydrogens (tertiary/aromatic N) is 1. The number of fused-ring (bicyclic) bond motifs is 2. The fourth-order valence-electron chi connectivity index (χ4n) is 5.21. The molecule has 28 heavy (non-hydrogen) atoms. The van der Waals surface area contributed by atoms with Crippen LogP contribution < -0.4 is 14.8 Å². The van der Waals surface area contributed by atoms with Crippen LogP contribution in [0.2, 0.25) is 0 Å². The predicted molar refractivity (Wildman–Crippen MR) is 104 cm³/mol. The molecule has 1 aromatic rings. The van der Waals surface area contributed by atoms with Crippen LogP contribution in [-0.4, -0.2) is 36.0 Å². The first-order valence-electron chi connectivity index (χ1n) is 10.4. The van der Waals surface area contributed by atoms with E-state index in [2.05, 4.69) is 11.4 Å². The molecule has 0 spiro atoms. The monoisotopic (exact) mass is 382 g/mol. The average Bonchev–Trinajstić information content (AvgIpc) is 3.38. The molecular weight excluding hydrogens is 356 g/mol. The van der Waals surface area contributed by atoms with Crippen LogP contribution in [0.3, 0.4) is 0 Å². The molecule has 2 aliphatic heterocycles. The van der Waals surface area contributed by atoms with Gasteiger partial charge in [-0.3, -0.25) is 9.59 Å². The summed E-state index contributed by atoms with van der Waals surface area (Å²) < 4.78 is 11.2. The molecule has 6 nitrogen and oxygen atoms in total. The number of carbonyl (C=O) groups is 2. The topological polar surface area (TPSA) is 67.9 Å². The van der Waals surface area contributed by atoms with E-state index in [0.717, 1.165) is 44.2 Å². The summed E-state index contributed by atoms with van der Waals surface area (Å²) in [7, 11) is 0. The van der Waals surface area contributed by atoms with Gasteiger partial charge in [0.15, 0.2) is 11.5 Å². The molecule has 4 aliphatic rings. The molecule has 1 saturated heterocycles. The van der Waals surface area contributed by atoms with Crippen molar-refractivity contribution in [3.05, 3.63) is 30.0 Å². The highest BCUT2D eigenvalue weighted by Crippen LogP contribution is 2.50. The number of allylic oxidation sites excluding steroid dienone is 1.